The van der Waals surface area contributed by atoms with Gasteiger partial charge in [0, 0.05) is 22.9 Å². The fourth-order valence-electron chi connectivity index (χ4n) is 2.76. The van der Waals surface area contributed by atoms with Crippen molar-refractivity contribution >= 4 is 27.8 Å². The summed E-state index contributed by atoms with van der Waals surface area (Å²) in [6.07, 6.45) is 8.46. The summed E-state index contributed by atoms with van der Waals surface area (Å²) in [7, 11) is 0. The van der Waals surface area contributed by atoms with E-state index in [1.165, 1.54) is 0 Å². The van der Waals surface area contributed by atoms with Crippen molar-refractivity contribution in [2.75, 3.05) is 0 Å². The second-order valence-corrected chi connectivity index (χ2v) is 6.23. The molecule has 2 rings (SSSR count). The normalized spacial score (nSPS) is 22.9. The minimum absolute atomic E-state index is 0.249. The second-order valence-electron chi connectivity index (χ2n) is 5.37. The Labute approximate surface area is 132 Å². The molecule has 1 aromatic heterocycles. The van der Waals surface area contributed by atoms with Gasteiger partial charge >= 0.3 is 5.97 Å². The van der Waals surface area contributed by atoms with Crippen LogP contribution in [0, 0.1) is 5.92 Å². The van der Waals surface area contributed by atoms with Crippen LogP contribution in [0.4, 0.5) is 0 Å². The first-order valence-corrected chi connectivity index (χ1v) is 8.02. The largest absolute Gasteiger partial charge is 0.481 e. The molecule has 0 aromatic carbocycles. The van der Waals surface area contributed by atoms with Crippen LogP contribution < -0.4 is 5.32 Å². The first-order valence-electron chi connectivity index (χ1n) is 7.23. The highest BCUT2D eigenvalue weighted by Crippen LogP contribution is 2.24. The van der Waals surface area contributed by atoms with Crippen molar-refractivity contribution in [3.63, 3.8) is 0 Å². The van der Waals surface area contributed by atoms with Crippen LogP contribution in [0.25, 0.3) is 0 Å². The Kier molecular flexibility index (Phi) is 5.73. The van der Waals surface area contributed by atoms with Crippen LogP contribution in [0.1, 0.15) is 48.9 Å². The van der Waals surface area contributed by atoms with Crippen molar-refractivity contribution in [3.05, 3.63) is 28.5 Å². The Bertz CT molecular complexity index is 521. The molecule has 21 heavy (non-hydrogen) atoms. The predicted octanol–water partition coefficient (Wildman–Crippen LogP) is 3.00. The van der Waals surface area contributed by atoms with Gasteiger partial charge in [0.2, 0.25) is 0 Å². The number of halogens is 1. The summed E-state index contributed by atoms with van der Waals surface area (Å²) in [5, 5.41) is 12.3. The quantitative estimate of drug-likeness (QED) is 0.874. The Morgan fingerprint density at radius 2 is 1.95 bits per heavy atom. The molecule has 1 aliphatic rings. The lowest BCUT2D eigenvalue weighted by Crippen LogP contribution is -2.44. The number of carbonyl (C=O) groups is 2. The van der Waals surface area contributed by atoms with Gasteiger partial charge in [-0.1, -0.05) is 25.7 Å². The zero-order valence-corrected chi connectivity index (χ0v) is 13.3. The summed E-state index contributed by atoms with van der Waals surface area (Å²) in [5.74, 6) is -1.58. The van der Waals surface area contributed by atoms with Crippen molar-refractivity contribution in [1.29, 1.82) is 0 Å². The second kappa shape index (κ2) is 7.54. The topological polar surface area (TPSA) is 79.3 Å². The molecule has 1 aliphatic carbocycles. The van der Waals surface area contributed by atoms with E-state index in [1.54, 1.807) is 18.5 Å². The molecule has 0 radical (unpaired) electrons. The standard InChI is InChI=1S/C15H19BrN2O3/c16-12-9-17-8-7-10(12)14(19)18-13-6-4-2-1-3-5-11(13)15(20)21/h7-9,11,13H,1-6H2,(H,18,19)(H,20,21). The summed E-state index contributed by atoms with van der Waals surface area (Å²) < 4.78 is 0.611. The van der Waals surface area contributed by atoms with E-state index in [0.29, 0.717) is 22.9 Å². The lowest BCUT2D eigenvalue weighted by Gasteiger charge is -2.27. The van der Waals surface area contributed by atoms with Gasteiger partial charge in [-0.3, -0.25) is 14.6 Å². The Morgan fingerprint density at radius 3 is 2.62 bits per heavy atom. The number of nitrogens with one attached hydrogen (secondary N) is 1. The Balaban J connectivity index is 2.12. The van der Waals surface area contributed by atoms with Gasteiger partial charge in [-0.15, -0.1) is 0 Å². The lowest BCUT2D eigenvalue weighted by atomic mass is 9.86. The zero-order valence-electron chi connectivity index (χ0n) is 11.7. The fourth-order valence-corrected chi connectivity index (χ4v) is 3.19. The molecule has 2 N–H and O–H groups in total. The van der Waals surface area contributed by atoms with E-state index in [2.05, 4.69) is 26.2 Å². The smallest absolute Gasteiger partial charge is 0.308 e. The molecule has 1 fully saturated rings. The van der Waals surface area contributed by atoms with E-state index in [0.717, 1.165) is 25.7 Å². The maximum absolute atomic E-state index is 12.3. The number of rotatable bonds is 3. The highest BCUT2D eigenvalue weighted by atomic mass is 79.9. The maximum atomic E-state index is 12.3. The number of aliphatic carboxylic acids is 1. The number of aromatic nitrogens is 1. The van der Waals surface area contributed by atoms with Gasteiger partial charge in [0.1, 0.15) is 0 Å². The van der Waals surface area contributed by atoms with Gasteiger partial charge < -0.3 is 10.4 Å². The molecular formula is C15H19BrN2O3. The number of nitrogens with zero attached hydrogens (tertiary/aromatic N) is 1. The van der Waals surface area contributed by atoms with Gasteiger partial charge in [0.15, 0.2) is 0 Å². The molecule has 2 atom stereocenters. The van der Waals surface area contributed by atoms with Crippen LogP contribution in [-0.2, 0) is 4.79 Å². The van der Waals surface area contributed by atoms with Crippen molar-refractivity contribution in [3.8, 4) is 0 Å². The molecule has 0 saturated heterocycles. The number of pyridine rings is 1. The number of carboxylic acids is 1. The highest BCUT2D eigenvalue weighted by molar-refractivity contribution is 9.10. The van der Waals surface area contributed by atoms with Crippen LogP contribution in [0.2, 0.25) is 0 Å². The lowest BCUT2D eigenvalue weighted by molar-refractivity contribution is -0.143. The predicted molar refractivity (Wildman–Crippen MR) is 82.0 cm³/mol. The molecule has 6 heteroatoms. The van der Waals surface area contributed by atoms with E-state index in [-0.39, 0.29) is 11.9 Å². The van der Waals surface area contributed by atoms with E-state index in [4.69, 9.17) is 0 Å². The molecular weight excluding hydrogens is 336 g/mol. The summed E-state index contributed by atoms with van der Waals surface area (Å²) in [6, 6.07) is 1.31. The minimum atomic E-state index is -0.823. The van der Waals surface area contributed by atoms with Crippen LogP contribution >= 0.6 is 15.9 Å². The van der Waals surface area contributed by atoms with Gasteiger partial charge in [0.25, 0.3) is 5.91 Å². The Hall–Kier alpha value is -1.43. The first kappa shape index (κ1) is 15.9. The average Bonchev–Trinajstić information content (AvgIpc) is 2.41. The first-order chi connectivity index (χ1) is 10.1. The summed E-state index contributed by atoms with van der Waals surface area (Å²) in [6.45, 7) is 0. The van der Waals surface area contributed by atoms with Gasteiger partial charge in [0.05, 0.1) is 11.5 Å². The Morgan fingerprint density at radius 1 is 1.24 bits per heavy atom. The molecule has 1 saturated carbocycles. The van der Waals surface area contributed by atoms with E-state index < -0.39 is 11.9 Å². The third-order valence-electron chi connectivity index (χ3n) is 3.92. The monoisotopic (exact) mass is 354 g/mol. The summed E-state index contributed by atoms with van der Waals surface area (Å²) in [4.78, 5) is 27.7. The highest BCUT2D eigenvalue weighted by Gasteiger charge is 2.30. The molecule has 114 valence electrons. The molecule has 0 aliphatic heterocycles. The summed E-state index contributed by atoms with van der Waals surface area (Å²) in [5.41, 5.74) is 0.483. The van der Waals surface area contributed by atoms with Crippen LogP contribution in [-0.4, -0.2) is 28.0 Å². The van der Waals surface area contributed by atoms with Crippen LogP contribution in [0.3, 0.4) is 0 Å². The molecule has 0 spiro atoms. The van der Waals surface area contributed by atoms with Gasteiger partial charge in [-0.25, -0.2) is 0 Å². The van der Waals surface area contributed by atoms with Gasteiger partial charge in [-0.2, -0.15) is 0 Å². The zero-order chi connectivity index (χ0) is 15.2. The SMILES string of the molecule is O=C(NC1CCCCCCC1C(=O)O)c1ccncc1Br. The molecule has 1 aromatic rings. The van der Waals surface area contributed by atoms with Crippen LogP contribution in [0.15, 0.2) is 22.9 Å². The minimum Gasteiger partial charge on any atom is -0.481 e. The molecule has 2 unspecified atom stereocenters. The number of carboxylic acid groups (broad SMARTS) is 1. The van der Waals surface area contributed by atoms with Crippen molar-refractivity contribution in [2.45, 2.75) is 44.6 Å². The van der Waals surface area contributed by atoms with Crippen LogP contribution in [0.5, 0.6) is 0 Å². The van der Waals surface area contributed by atoms with Crippen molar-refractivity contribution < 1.29 is 14.7 Å². The molecule has 1 heterocycles. The van der Waals surface area contributed by atoms with Crippen molar-refractivity contribution in [1.82, 2.24) is 10.3 Å². The third-order valence-corrected chi connectivity index (χ3v) is 4.55. The average molecular weight is 355 g/mol. The number of hydrogen-bond acceptors (Lipinski definition) is 3. The van der Waals surface area contributed by atoms with Crippen molar-refractivity contribution in [2.24, 2.45) is 5.92 Å². The van der Waals surface area contributed by atoms with E-state index >= 15 is 0 Å². The number of carbonyl (C=O) groups excluding carboxylic acids is 1. The van der Waals surface area contributed by atoms with E-state index in [9.17, 15) is 14.7 Å². The molecule has 1 amide bonds. The molecule has 0 bridgehead atoms. The van der Waals surface area contributed by atoms with Gasteiger partial charge in [-0.05, 0) is 34.8 Å². The summed E-state index contributed by atoms with van der Waals surface area (Å²) >= 11 is 3.29. The molecule has 5 nitrogen and oxygen atoms in total. The maximum Gasteiger partial charge on any atom is 0.308 e. The fraction of sp³-hybridized carbons (Fsp3) is 0.533. The number of hydrogen-bond donors (Lipinski definition) is 2. The third kappa shape index (κ3) is 4.27. The number of amides is 1. The van der Waals surface area contributed by atoms with E-state index in [1.807, 2.05) is 0 Å².